The third-order valence-corrected chi connectivity index (χ3v) is 5.60. The molecular formula is C20H24F3N3O4. The van der Waals surface area contributed by atoms with Crippen molar-refractivity contribution in [2.45, 2.75) is 56.8 Å². The zero-order valence-electron chi connectivity index (χ0n) is 16.6. The van der Waals surface area contributed by atoms with Gasteiger partial charge in [0.1, 0.15) is 5.75 Å². The smallest absolute Gasteiger partial charge is 0.440 e. The molecule has 10 heteroatoms. The number of halogens is 3. The summed E-state index contributed by atoms with van der Waals surface area (Å²) in [6, 6.07) is 4.40. The number of amides is 4. The lowest BCUT2D eigenvalue weighted by molar-refractivity contribution is -0.201. The Bertz CT molecular complexity index is 824. The third-order valence-electron chi connectivity index (χ3n) is 5.60. The number of carbonyl (C=O) groups is 3. The van der Waals surface area contributed by atoms with E-state index in [-0.39, 0.29) is 23.8 Å². The second kappa shape index (κ2) is 8.53. The number of imide groups is 1. The van der Waals surface area contributed by atoms with Gasteiger partial charge >= 0.3 is 12.2 Å². The van der Waals surface area contributed by atoms with Crippen LogP contribution in [0.5, 0.6) is 5.75 Å². The van der Waals surface area contributed by atoms with E-state index in [4.69, 9.17) is 4.74 Å². The number of anilines is 1. The van der Waals surface area contributed by atoms with Gasteiger partial charge in [-0.05, 0) is 24.5 Å². The average Bonchev–Trinajstić information content (AvgIpc) is 2.97. The van der Waals surface area contributed by atoms with Crippen LogP contribution in [0.3, 0.4) is 0 Å². The molecule has 3 rings (SSSR count). The lowest BCUT2D eigenvalue weighted by Crippen LogP contribution is -2.69. The predicted octanol–water partition coefficient (Wildman–Crippen LogP) is 3.49. The molecule has 1 unspecified atom stereocenters. The fourth-order valence-electron chi connectivity index (χ4n) is 3.99. The van der Waals surface area contributed by atoms with Gasteiger partial charge < -0.3 is 10.1 Å². The van der Waals surface area contributed by atoms with Crippen LogP contribution in [-0.4, -0.2) is 36.8 Å². The van der Waals surface area contributed by atoms with E-state index in [9.17, 15) is 27.6 Å². The number of urea groups is 1. The van der Waals surface area contributed by atoms with Crippen molar-refractivity contribution in [1.82, 2.24) is 10.6 Å². The number of benzene rings is 1. The van der Waals surface area contributed by atoms with Gasteiger partial charge in [0.25, 0.3) is 11.6 Å². The fourth-order valence-corrected chi connectivity index (χ4v) is 3.99. The first kappa shape index (κ1) is 21.9. The molecule has 30 heavy (non-hydrogen) atoms. The molecule has 0 radical (unpaired) electrons. The van der Waals surface area contributed by atoms with Gasteiger partial charge in [0, 0.05) is 6.42 Å². The van der Waals surface area contributed by atoms with Crippen LogP contribution in [0.2, 0.25) is 0 Å². The van der Waals surface area contributed by atoms with Gasteiger partial charge in [-0.3, -0.25) is 14.9 Å². The van der Waals surface area contributed by atoms with E-state index in [0.29, 0.717) is 11.3 Å². The largest absolute Gasteiger partial charge is 0.495 e. The highest BCUT2D eigenvalue weighted by Gasteiger charge is 2.69. The number of ether oxygens (including phenoxy) is 1. The Morgan fingerprint density at radius 2 is 1.90 bits per heavy atom. The molecule has 0 spiro atoms. The molecule has 2 aliphatic rings. The topological polar surface area (TPSA) is 87.7 Å². The number of hydrogen-bond acceptors (Lipinski definition) is 4. The SMILES string of the molecule is COc1ccccc1N1C(=O)NC(NC(=O)CCC2CCCCC2)(C(F)(F)F)C1=O. The van der Waals surface area contributed by atoms with Crippen LogP contribution < -0.4 is 20.3 Å². The Labute approximate surface area is 171 Å². The van der Waals surface area contributed by atoms with Crippen molar-refractivity contribution < 1.29 is 32.3 Å². The number of carbonyl (C=O) groups excluding carboxylic acids is 3. The molecule has 2 N–H and O–H groups in total. The first-order chi connectivity index (χ1) is 14.2. The predicted molar refractivity (Wildman–Crippen MR) is 102 cm³/mol. The first-order valence-corrected chi connectivity index (χ1v) is 9.87. The molecule has 2 fully saturated rings. The van der Waals surface area contributed by atoms with Crippen LogP contribution in [-0.2, 0) is 9.59 Å². The maximum absolute atomic E-state index is 14.0. The maximum atomic E-state index is 14.0. The quantitative estimate of drug-likeness (QED) is 0.681. The van der Waals surface area contributed by atoms with Crippen LogP contribution in [0.4, 0.5) is 23.7 Å². The molecule has 4 amide bonds. The van der Waals surface area contributed by atoms with Gasteiger partial charge in [0.15, 0.2) is 0 Å². The second-order valence-corrected chi connectivity index (χ2v) is 7.58. The number of rotatable bonds is 6. The molecule has 1 aromatic carbocycles. The van der Waals surface area contributed by atoms with Gasteiger partial charge in [-0.25, -0.2) is 9.69 Å². The van der Waals surface area contributed by atoms with Gasteiger partial charge in [-0.1, -0.05) is 44.2 Å². The van der Waals surface area contributed by atoms with E-state index in [1.807, 2.05) is 0 Å². The standard InChI is InChI=1S/C20H24F3N3O4/c1-30-15-10-6-5-9-14(15)26-17(28)19(20(21,22)23,25-18(26)29)24-16(27)12-11-13-7-3-2-4-8-13/h5-6,9-10,13H,2-4,7-8,11-12H2,1H3,(H,24,27)(H,25,29). The van der Waals surface area contributed by atoms with Crippen LogP contribution in [0, 0.1) is 5.92 Å². The van der Waals surface area contributed by atoms with E-state index in [0.717, 1.165) is 32.1 Å². The summed E-state index contributed by atoms with van der Waals surface area (Å²) >= 11 is 0. The molecule has 1 saturated carbocycles. The Morgan fingerprint density at radius 1 is 1.23 bits per heavy atom. The summed E-state index contributed by atoms with van der Waals surface area (Å²) in [6.45, 7) is 0. The van der Waals surface area contributed by atoms with E-state index in [1.165, 1.54) is 25.3 Å². The Balaban J connectivity index is 1.82. The lowest BCUT2D eigenvalue weighted by atomic mass is 9.86. The molecule has 7 nitrogen and oxygen atoms in total. The number of alkyl halides is 3. The average molecular weight is 427 g/mol. The molecule has 1 aromatic rings. The molecule has 0 aromatic heterocycles. The summed E-state index contributed by atoms with van der Waals surface area (Å²) in [5.74, 6) is -2.24. The zero-order chi connectivity index (χ0) is 21.9. The molecule has 164 valence electrons. The van der Waals surface area contributed by atoms with Gasteiger partial charge in [-0.15, -0.1) is 0 Å². The van der Waals surface area contributed by atoms with Crippen LogP contribution >= 0.6 is 0 Å². The molecule has 0 bridgehead atoms. The molecule has 1 aliphatic carbocycles. The molecular weight excluding hydrogens is 403 g/mol. The summed E-state index contributed by atoms with van der Waals surface area (Å²) in [4.78, 5) is 37.9. The van der Waals surface area contributed by atoms with E-state index >= 15 is 0 Å². The van der Waals surface area contributed by atoms with Crippen molar-refractivity contribution >= 4 is 23.5 Å². The van der Waals surface area contributed by atoms with E-state index < -0.39 is 29.7 Å². The lowest BCUT2D eigenvalue weighted by Gasteiger charge is -2.30. The summed E-state index contributed by atoms with van der Waals surface area (Å²) in [7, 11) is 1.27. The Morgan fingerprint density at radius 3 is 2.53 bits per heavy atom. The highest BCUT2D eigenvalue weighted by Crippen LogP contribution is 2.38. The number of nitrogens with one attached hydrogen (secondary N) is 2. The summed E-state index contributed by atoms with van der Waals surface area (Å²) < 4.78 is 46.9. The van der Waals surface area contributed by atoms with E-state index in [1.54, 1.807) is 16.7 Å². The van der Waals surface area contributed by atoms with Crippen molar-refractivity contribution in [2.75, 3.05) is 12.0 Å². The minimum absolute atomic E-state index is 0.0441. The van der Waals surface area contributed by atoms with E-state index in [2.05, 4.69) is 0 Å². The normalized spacial score (nSPS) is 22.7. The molecule has 1 atom stereocenters. The fraction of sp³-hybridized carbons (Fsp3) is 0.550. The molecule has 1 saturated heterocycles. The molecule has 1 aliphatic heterocycles. The van der Waals surface area contributed by atoms with Crippen LogP contribution in [0.1, 0.15) is 44.9 Å². The van der Waals surface area contributed by atoms with Gasteiger partial charge in [0.05, 0.1) is 12.8 Å². The highest BCUT2D eigenvalue weighted by molar-refractivity contribution is 6.24. The summed E-state index contributed by atoms with van der Waals surface area (Å²) in [5.41, 5.74) is -3.67. The minimum atomic E-state index is -5.24. The van der Waals surface area contributed by atoms with Gasteiger partial charge in [-0.2, -0.15) is 13.2 Å². The minimum Gasteiger partial charge on any atom is -0.495 e. The zero-order valence-corrected chi connectivity index (χ0v) is 16.6. The Kier molecular flexibility index (Phi) is 6.23. The third kappa shape index (κ3) is 4.08. The number of methoxy groups -OCH3 is 1. The van der Waals surface area contributed by atoms with Crippen molar-refractivity contribution in [2.24, 2.45) is 5.92 Å². The monoisotopic (exact) mass is 427 g/mol. The Hall–Kier alpha value is -2.78. The van der Waals surface area contributed by atoms with Crippen LogP contribution in [0.25, 0.3) is 0 Å². The van der Waals surface area contributed by atoms with Crippen molar-refractivity contribution in [3.63, 3.8) is 0 Å². The summed E-state index contributed by atoms with van der Waals surface area (Å²) in [5, 5.41) is 3.41. The first-order valence-electron chi connectivity index (χ1n) is 9.87. The summed E-state index contributed by atoms with van der Waals surface area (Å²) in [6.07, 6.45) is 0.140. The van der Waals surface area contributed by atoms with Gasteiger partial charge in [0.2, 0.25) is 5.91 Å². The number of nitrogens with zero attached hydrogens (tertiary/aromatic N) is 1. The molecule has 1 heterocycles. The van der Waals surface area contributed by atoms with Crippen molar-refractivity contribution in [3.05, 3.63) is 24.3 Å². The van der Waals surface area contributed by atoms with Crippen molar-refractivity contribution in [1.29, 1.82) is 0 Å². The highest BCUT2D eigenvalue weighted by atomic mass is 19.4. The van der Waals surface area contributed by atoms with Crippen molar-refractivity contribution in [3.8, 4) is 5.75 Å². The maximum Gasteiger partial charge on any atom is 0.440 e. The number of para-hydroxylation sites is 2. The van der Waals surface area contributed by atoms with Crippen LogP contribution in [0.15, 0.2) is 24.3 Å². The second-order valence-electron chi connectivity index (χ2n) is 7.58. The number of hydrogen-bond donors (Lipinski definition) is 2.